The summed E-state index contributed by atoms with van der Waals surface area (Å²) < 4.78 is 0. The van der Waals surface area contributed by atoms with Crippen molar-refractivity contribution in [2.75, 3.05) is 18.0 Å². The summed E-state index contributed by atoms with van der Waals surface area (Å²) in [4.78, 5) is 13.8. The second-order valence-electron chi connectivity index (χ2n) is 6.23. The van der Waals surface area contributed by atoms with Crippen molar-refractivity contribution < 1.29 is 4.79 Å². The third-order valence-corrected chi connectivity index (χ3v) is 4.35. The maximum Gasteiger partial charge on any atom is 0.161 e. The molecule has 0 aliphatic carbocycles. The number of ketones is 1. The number of rotatable bonds is 2. The van der Waals surface area contributed by atoms with Gasteiger partial charge in [-0.05, 0) is 49.8 Å². The largest absolute Gasteiger partial charge is 0.371 e. The Bertz CT molecular complexity index is 482. The molecule has 19 heavy (non-hydrogen) atoms. The van der Waals surface area contributed by atoms with Gasteiger partial charge in [-0.1, -0.05) is 25.4 Å². The van der Waals surface area contributed by atoms with E-state index in [0.717, 1.165) is 18.8 Å². The van der Waals surface area contributed by atoms with Gasteiger partial charge >= 0.3 is 0 Å². The van der Waals surface area contributed by atoms with Gasteiger partial charge in [0.2, 0.25) is 0 Å². The second kappa shape index (κ2) is 5.54. The van der Waals surface area contributed by atoms with Crippen molar-refractivity contribution >= 4 is 23.1 Å². The minimum atomic E-state index is 0.0218. The smallest absolute Gasteiger partial charge is 0.161 e. The number of benzene rings is 1. The summed E-state index contributed by atoms with van der Waals surface area (Å²) >= 11 is 6.19. The summed E-state index contributed by atoms with van der Waals surface area (Å²) in [6, 6.07) is 5.79. The average molecular weight is 280 g/mol. The zero-order valence-corrected chi connectivity index (χ0v) is 12.8. The van der Waals surface area contributed by atoms with Gasteiger partial charge in [-0.25, -0.2) is 0 Å². The first-order valence-electron chi connectivity index (χ1n) is 6.94. The highest BCUT2D eigenvalue weighted by atomic mass is 35.5. The van der Waals surface area contributed by atoms with Crippen LogP contribution in [0.25, 0.3) is 0 Å². The molecule has 0 bridgehead atoms. The van der Waals surface area contributed by atoms with Gasteiger partial charge in [-0.3, -0.25) is 4.79 Å². The molecular formula is C16H22ClNO. The second-order valence-corrected chi connectivity index (χ2v) is 6.63. The van der Waals surface area contributed by atoms with E-state index in [1.807, 2.05) is 18.2 Å². The Morgan fingerprint density at radius 1 is 1.26 bits per heavy atom. The van der Waals surface area contributed by atoms with Crippen LogP contribution in [-0.4, -0.2) is 18.9 Å². The van der Waals surface area contributed by atoms with Crippen LogP contribution in [0.5, 0.6) is 0 Å². The molecule has 1 saturated heterocycles. The molecule has 0 aromatic heterocycles. The van der Waals surface area contributed by atoms with Gasteiger partial charge in [0.05, 0.1) is 5.02 Å². The summed E-state index contributed by atoms with van der Waals surface area (Å²) in [5, 5.41) is 0.563. The first-order valence-corrected chi connectivity index (χ1v) is 7.32. The molecule has 1 fully saturated rings. The van der Waals surface area contributed by atoms with Crippen LogP contribution in [0.3, 0.4) is 0 Å². The van der Waals surface area contributed by atoms with Crippen LogP contribution in [0.2, 0.25) is 5.02 Å². The molecule has 1 aromatic carbocycles. The fourth-order valence-corrected chi connectivity index (χ4v) is 2.98. The number of halogens is 1. The van der Waals surface area contributed by atoms with Gasteiger partial charge in [-0.15, -0.1) is 0 Å². The number of Topliss-reactive ketones (excluding diaryl/α,β-unsaturated/α-hetero) is 1. The maximum absolute atomic E-state index is 11.4. The first-order chi connectivity index (χ1) is 8.89. The van der Waals surface area contributed by atoms with E-state index in [0.29, 0.717) is 16.0 Å². The van der Waals surface area contributed by atoms with Gasteiger partial charge in [0.15, 0.2) is 5.78 Å². The zero-order chi connectivity index (χ0) is 14.0. The predicted octanol–water partition coefficient (Wildman–Crippen LogP) is 4.56. The van der Waals surface area contributed by atoms with Crippen LogP contribution >= 0.6 is 11.6 Å². The minimum Gasteiger partial charge on any atom is -0.371 e. The van der Waals surface area contributed by atoms with Crippen molar-refractivity contribution in [1.82, 2.24) is 0 Å². The van der Waals surface area contributed by atoms with Crippen molar-refractivity contribution in [3.05, 3.63) is 28.8 Å². The third-order valence-electron chi connectivity index (χ3n) is 4.04. The zero-order valence-electron chi connectivity index (χ0n) is 12.0. The van der Waals surface area contributed by atoms with Crippen LogP contribution in [-0.2, 0) is 0 Å². The summed E-state index contributed by atoms with van der Waals surface area (Å²) in [5.41, 5.74) is 2.17. The lowest BCUT2D eigenvalue weighted by atomic mass is 9.85. The average Bonchev–Trinajstić information content (AvgIpc) is 2.49. The van der Waals surface area contributed by atoms with Crippen molar-refractivity contribution in [3.63, 3.8) is 0 Å². The van der Waals surface area contributed by atoms with E-state index in [1.165, 1.54) is 19.3 Å². The molecule has 0 amide bonds. The first kappa shape index (κ1) is 14.4. The number of carbonyl (C=O) groups excluding carboxylic acids is 1. The Kier molecular flexibility index (Phi) is 4.19. The number of nitrogens with zero attached hydrogens (tertiary/aromatic N) is 1. The Hall–Kier alpha value is -1.02. The lowest BCUT2D eigenvalue weighted by Crippen LogP contribution is -2.25. The quantitative estimate of drug-likeness (QED) is 0.740. The highest BCUT2D eigenvalue weighted by Gasteiger charge is 2.23. The highest BCUT2D eigenvalue weighted by molar-refractivity contribution is 6.34. The molecule has 1 aliphatic rings. The SMILES string of the molecule is CC(=O)c1ccc(N2CCCC(C)(C)CC2)cc1Cl. The molecule has 1 aromatic rings. The van der Waals surface area contributed by atoms with E-state index < -0.39 is 0 Å². The fourth-order valence-electron chi connectivity index (χ4n) is 2.67. The topological polar surface area (TPSA) is 20.3 Å². The molecule has 0 radical (unpaired) electrons. The minimum absolute atomic E-state index is 0.0218. The predicted molar refractivity (Wildman–Crippen MR) is 81.3 cm³/mol. The number of carbonyl (C=O) groups is 1. The van der Waals surface area contributed by atoms with Gasteiger partial charge in [0, 0.05) is 24.3 Å². The van der Waals surface area contributed by atoms with E-state index in [1.54, 1.807) is 6.92 Å². The van der Waals surface area contributed by atoms with Gasteiger partial charge in [0.25, 0.3) is 0 Å². The standard InChI is InChI=1S/C16H22ClNO/c1-12(19)14-6-5-13(11-15(14)17)18-9-4-7-16(2,3)8-10-18/h5-6,11H,4,7-10H2,1-3H3. The number of anilines is 1. The molecule has 104 valence electrons. The lowest BCUT2D eigenvalue weighted by Gasteiger charge is -2.25. The van der Waals surface area contributed by atoms with Crippen molar-refractivity contribution in [1.29, 1.82) is 0 Å². The van der Waals surface area contributed by atoms with Gasteiger partial charge < -0.3 is 4.90 Å². The number of hydrogen-bond acceptors (Lipinski definition) is 2. The maximum atomic E-state index is 11.4. The Morgan fingerprint density at radius 2 is 2.00 bits per heavy atom. The molecule has 1 aliphatic heterocycles. The molecule has 0 N–H and O–H groups in total. The van der Waals surface area contributed by atoms with Crippen LogP contribution in [0.4, 0.5) is 5.69 Å². The highest BCUT2D eigenvalue weighted by Crippen LogP contribution is 2.32. The van der Waals surface area contributed by atoms with E-state index in [9.17, 15) is 4.79 Å². The summed E-state index contributed by atoms with van der Waals surface area (Å²) in [6.07, 6.45) is 3.67. The van der Waals surface area contributed by atoms with Gasteiger partial charge in [0.1, 0.15) is 0 Å². The van der Waals surface area contributed by atoms with Gasteiger partial charge in [-0.2, -0.15) is 0 Å². The molecular weight excluding hydrogens is 258 g/mol. The summed E-state index contributed by atoms with van der Waals surface area (Å²) in [7, 11) is 0. The van der Waals surface area contributed by atoms with Crippen molar-refractivity contribution in [2.45, 2.75) is 40.0 Å². The molecule has 1 heterocycles. The third kappa shape index (κ3) is 3.50. The molecule has 0 atom stereocenters. The fraction of sp³-hybridized carbons (Fsp3) is 0.562. The molecule has 0 unspecified atom stereocenters. The summed E-state index contributed by atoms with van der Waals surface area (Å²) in [5.74, 6) is 0.0218. The van der Waals surface area contributed by atoms with Crippen LogP contribution in [0.15, 0.2) is 18.2 Å². The Balaban J connectivity index is 2.18. The molecule has 2 rings (SSSR count). The molecule has 2 nitrogen and oxygen atoms in total. The monoisotopic (exact) mass is 279 g/mol. The number of hydrogen-bond donors (Lipinski definition) is 0. The van der Waals surface area contributed by atoms with E-state index in [-0.39, 0.29) is 5.78 Å². The van der Waals surface area contributed by atoms with E-state index in [4.69, 9.17) is 11.6 Å². The molecule has 0 spiro atoms. The van der Waals surface area contributed by atoms with E-state index in [2.05, 4.69) is 18.7 Å². The van der Waals surface area contributed by atoms with Crippen LogP contribution in [0, 0.1) is 5.41 Å². The molecule has 3 heteroatoms. The van der Waals surface area contributed by atoms with Crippen LogP contribution < -0.4 is 4.90 Å². The van der Waals surface area contributed by atoms with Crippen molar-refractivity contribution in [2.24, 2.45) is 5.41 Å². The lowest BCUT2D eigenvalue weighted by molar-refractivity contribution is 0.101. The Morgan fingerprint density at radius 3 is 2.63 bits per heavy atom. The molecule has 0 saturated carbocycles. The Labute approximate surface area is 120 Å². The summed E-state index contributed by atoms with van der Waals surface area (Å²) in [6.45, 7) is 8.35. The normalized spacial score (nSPS) is 19.1. The van der Waals surface area contributed by atoms with Crippen molar-refractivity contribution in [3.8, 4) is 0 Å². The van der Waals surface area contributed by atoms with E-state index >= 15 is 0 Å². The van der Waals surface area contributed by atoms with Crippen LogP contribution in [0.1, 0.15) is 50.4 Å².